The molecule has 2 rings (SSSR count). The number of aliphatic hydroxyl groups is 1. The van der Waals surface area contributed by atoms with Crippen molar-refractivity contribution in [3.05, 3.63) is 29.6 Å². The normalized spacial score (nSPS) is 16.7. The van der Waals surface area contributed by atoms with Crippen LogP contribution >= 0.6 is 12.1 Å². The molecule has 1 aromatic carbocycles. The van der Waals surface area contributed by atoms with Crippen LogP contribution in [0.2, 0.25) is 0 Å². The van der Waals surface area contributed by atoms with E-state index in [0.29, 0.717) is 11.3 Å². The Morgan fingerprint density at radius 2 is 1.86 bits per heavy atom. The van der Waals surface area contributed by atoms with Gasteiger partial charge in [0.2, 0.25) is 0 Å². The van der Waals surface area contributed by atoms with E-state index >= 15 is 0 Å². The van der Waals surface area contributed by atoms with Gasteiger partial charge < -0.3 is 10.0 Å². The molecule has 0 unspecified atom stereocenters. The van der Waals surface area contributed by atoms with E-state index in [1.807, 2.05) is 0 Å². The quantitative estimate of drug-likeness (QED) is 0.815. The van der Waals surface area contributed by atoms with Crippen molar-refractivity contribution in [2.75, 3.05) is 44.2 Å². The van der Waals surface area contributed by atoms with Gasteiger partial charge in [-0.15, -0.1) is 0 Å². The van der Waals surface area contributed by atoms with Gasteiger partial charge in [-0.25, -0.2) is 13.0 Å². The minimum absolute atomic E-state index is 0.253. The third-order valence-electron chi connectivity index (χ3n) is 3.74. The first kappa shape index (κ1) is 16.5. The van der Waals surface area contributed by atoms with Gasteiger partial charge in [-0.1, -0.05) is 26.0 Å². The predicted octanol–water partition coefficient (Wildman–Crippen LogP) is 2.35. The molecule has 21 heavy (non-hydrogen) atoms. The van der Waals surface area contributed by atoms with Gasteiger partial charge >= 0.3 is 0 Å². The Balaban J connectivity index is 1.95. The summed E-state index contributed by atoms with van der Waals surface area (Å²) in [6.07, 6.45) is 0. The van der Waals surface area contributed by atoms with Crippen molar-refractivity contribution in [3.63, 3.8) is 0 Å². The molecule has 1 fully saturated rings. The van der Waals surface area contributed by atoms with E-state index < -0.39 is 0 Å². The van der Waals surface area contributed by atoms with E-state index in [1.54, 1.807) is 30.3 Å². The third kappa shape index (κ3) is 4.10. The molecule has 1 N–H and O–H groups in total. The summed E-state index contributed by atoms with van der Waals surface area (Å²) in [4.78, 5) is 2.06. The highest BCUT2D eigenvalue weighted by Crippen LogP contribution is 2.25. The van der Waals surface area contributed by atoms with Crippen LogP contribution in [0.15, 0.2) is 18.2 Å². The summed E-state index contributed by atoms with van der Waals surface area (Å²) >= 11 is 1.78. The molecule has 0 amide bonds. The van der Waals surface area contributed by atoms with Gasteiger partial charge in [-0.3, -0.25) is 0 Å². The SMILES string of the molecule is CCN(CC)SN1CCN(c2cccc(CO)c2F)CC1. The Bertz CT molecular complexity index is 449. The fraction of sp³-hybridized carbons (Fsp3) is 0.600. The fourth-order valence-corrected chi connectivity index (χ4v) is 3.33. The molecule has 1 aliphatic rings. The maximum atomic E-state index is 14.2. The Hall–Kier alpha value is -0.820. The largest absolute Gasteiger partial charge is 0.392 e. The highest BCUT2D eigenvalue weighted by Gasteiger charge is 2.22. The lowest BCUT2D eigenvalue weighted by Crippen LogP contribution is -2.45. The maximum absolute atomic E-state index is 14.2. The predicted molar refractivity (Wildman–Crippen MR) is 86.6 cm³/mol. The zero-order valence-electron chi connectivity index (χ0n) is 12.8. The summed E-state index contributed by atoms with van der Waals surface area (Å²) in [6.45, 7) is 9.53. The van der Waals surface area contributed by atoms with Crippen LogP contribution in [0.25, 0.3) is 0 Å². The standard InChI is InChI=1S/C15H24FN3OS/c1-3-18(4-2)21-19-10-8-17(9-11-19)14-7-5-6-13(12-20)15(14)16/h5-7,20H,3-4,8-12H2,1-2H3. The smallest absolute Gasteiger partial charge is 0.151 e. The number of benzene rings is 1. The number of aliphatic hydroxyl groups excluding tert-OH is 1. The van der Waals surface area contributed by atoms with Crippen LogP contribution in [0, 0.1) is 5.82 Å². The summed E-state index contributed by atoms with van der Waals surface area (Å²) in [5, 5.41) is 9.16. The number of anilines is 1. The van der Waals surface area contributed by atoms with Crippen LogP contribution in [0.4, 0.5) is 10.1 Å². The molecular formula is C15H24FN3OS. The topological polar surface area (TPSA) is 30.0 Å². The summed E-state index contributed by atoms with van der Waals surface area (Å²) in [5.74, 6) is -0.287. The summed E-state index contributed by atoms with van der Waals surface area (Å²) in [5.41, 5.74) is 0.974. The Labute approximate surface area is 130 Å². The molecule has 0 aromatic heterocycles. The van der Waals surface area contributed by atoms with Gasteiger partial charge in [0.05, 0.1) is 12.3 Å². The molecule has 1 saturated heterocycles. The molecule has 6 heteroatoms. The van der Waals surface area contributed by atoms with Crippen LogP contribution in [0.1, 0.15) is 19.4 Å². The fourth-order valence-electron chi connectivity index (χ4n) is 2.45. The molecule has 1 aromatic rings. The van der Waals surface area contributed by atoms with Crippen LogP contribution < -0.4 is 4.90 Å². The number of piperazine rings is 1. The summed E-state index contributed by atoms with van der Waals surface area (Å²) in [7, 11) is 0. The average Bonchev–Trinajstić information content (AvgIpc) is 2.53. The van der Waals surface area contributed by atoms with E-state index in [2.05, 4.69) is 27.4 Å². The average molecular weight is 313 g/mol. The second-order valence-corrected chi connectivity index (χ2v) is 6.22. The molecule has 0 atom stereocenters. The van der Waals surface area contributed by atoms with E-state index in [-0.39, 0.29) is 12.4 Å². The molecule has 0 aliphatic carbocycles. The van der Waals surface area contributed by atoms with Crippen LogP contribution in [0.5, 0.6) is 0 Å². The first-order valence-corrected chi connectivity index (χ1v) is 8.23. The zero-order chi connectivity index (χ0) is 15.2. The van der Waals surface area contributed by atoms with Crippen molar-refractivity contribution in [1.82, 2.24) is 8.61 Å². The highest BCUT2D eigenvalue weighted by atomic mass is 32.2. The molecule has 0 bridgehead atoms. The van der Waals surface area contributed by atoms with E-state index in [1.165, 1.54) is 0 Å². The van der Waals surface area contributed by atoms with Crippen LogP contribution in [0.3, 0.4) is 0 Å². The van der Waals surface area contributed by atoms with Crippen LogP contribution in [-0.2, 0) is 6.61 Å². The van der Waals surface area contributed by atoms with Gasteiger partial charge in [-0.05, 0) is 6.07 Å². The maximum Gasteiger partial charge on any atom is 0.151 e. The number of halogens is 1. The molecular weight excluding hydrogens is 289 g/mol. The molecule has 0 spiro atoms. The Morgan fingerprint density at radius 3 is 2.43 bits per heavy atom. The van der Waals surface area contributed by atoms with E-state index in [4.69, 9.17) is 5.11 Å². The third-order valence-corrected chi connectivity index (χ3v) is 5.09. The second-order valence-electron chi connectivity index (χ2n) is 5.02. The van der Waals surface area contributed by atoms with Gasteiger partial charge in [-0.2, -0.15) is 0 Å². The van der Waals surface area contributed by atoms with Crippen molar-refractivity contribution in [1.29, 1.82) is 0 Å². The van der Waals surface area contributed by atoms with Gasteiger partial charge in [0, 0.05) is 57.0 Å². The van der Waals surface area contributed by atoms with Crippen molar-refractivity contribution in [2.24, 2.45) is 0 Å². The second kappa shape index (κ2) is 7.98. The Morgan fingerprint density at radius 1 is 1.19 bits per heavy atom. The lowest BCUT2D eigenvalue weighted by Gasteiger charge is -2.37. The van der Waals surface area contributed by atoms with Gasteiger partial charge in [0.15, 0.2) is 5.82 Å². The van der Waals surface area contributed by atoms with Gasteiger partial charge in [0.1, 0.15) is 0 Å². The van der Waals surface area contributed by atoms with Gasteiger partial charge in [0.25, 0.3) is 0 Å². The minimum Gasteiger partial charge on any atom is -0.392 e. The number of hydrogen-bond donors (Lipinski definition) is 1. The van der Waals surface area contributed by atoms with E-state index in [0.717, 1.165) is 39.3 Å². The van der Waals surface area contributed by atoms with Crippen LogP contribution in [-0.4, -0.2) is 53.0 Å². The molecule has 1 aliphatic heterocycles. The number of rotatable bonds is 6. The number of hydrogen-bond acceptors (Lipinski definition) is 5. The highest BCUT2D eigenvalue weighted by molar-refractivity contribution is 7.94. The summed E-state index contributed by atoms with van der Waals surface area (Å²) in [6, 6.07) is 5.23. The lowest BCUT2D eigenvalue weighted by molar-refractivity contribution is 0.275. The van der Waals surface area contributed by atoms with E-state index in [9.17, 15) is 4.39 Å². The van der Waals surface area contributed by atoms with Crippen molar-refractivity contribution in [2.45, 2.75) is 20.5 Å². The van der Waals surface area contributed by atoms with Crippen molar-refractivity contribution >= 4 is 17.8 Å². The molecule has 4 nitrogen and oxygen atoms in total. The van der Waals surface area contributed by atoms with Crippen molar-refractivity contribution < 1.29 is 9.50 Å². The lowest BCUT2D eigenvalue weighted by atomic mass is 10.1. The molecule has 118 valence electrons. The first-order valence-electron chi connectivity index (χ1n) is 7.50. The zero-order valence-corrected chi connectivity index (χ0v) is 13.6. The minimum atomic E-state index is -0.287. The Kier molecular flexibility index (Phi) is 6.29. The number of nitrogens with zero attached hydrogens (tertiary/aromatic N) is 3. The monoisotopic (exact) mass is 313 g/mol. The first-order chi connectivity index (χ1) is 10.2. The summed E-state index contributed by atoms with van der Waals surface area (Å²) < 4.78 is 18.9. The molecule has 1 heterocycles. The van der Waals surface area contributed by atoms with Crippen molar-refractivity contribution in [3.8, 4) is 0 Å². The molecule has 0 saturated carbocycles. The molecule has 0 radical (unpaired) electrons.